The van der Waals surface area contributed by atoms with Crippen LogP contribution in [0.15, 0.2) is 18.2 Å². The molecule has 18 heavy (non-hydrogen) atoms. The topological polar surface area (TPSA) is 84.3 Å². The van der Waals surface area contributed by atoms with Gasteiger partial charge < -0.3 is 10.6 Å². The summed E-state index contributed by atoms with van der Waals surface area (Å²) in [5.41, 5.74) is 0.826. The Bertz CT molecular complexity index is 506. The molecule has 0 fully saturated rings. The molecule has 1 amide bonds. The Morgan fingerprint density at radius 3 is 2.89 bits per heavy atom. The van der Waals surface area contributed by atoms with Gasteiger partial charge in [0, 0.05) is 5.56 Å². The highest BCUT2D eigenvalue weighted by molar-refractivity contribution is 5.82. The van der Waals surface area contributed by atoms with Crippen LogP contribution in [0.5, 0.6) is 0 Å². The van der Waals surface area contributed by atoms with E-state index in [1.54, 1.807) is 25.1 Å². The van der Waals surface area contributed by atoms with E-state index in [9.17, 15) is 14.9 Å². The standard InChI is InChI=1S/C12H13N3O3/c1-3-7-13-11(16)8-14-10-6-4-5-9(2)12(10)15(17)18/h1,4-6,14H,7-8H2,2H3,(H,13,16). The lowest BCUT2D eigenvalue weighted by atomic mass is 10.1. The first-order valence-electron chi connectivity index (χ1n) is 5.24. The molecule has 0 atom stereocenters. The Morgan fingerprint density at radius 1 is 1.56 bits per heavy atom. The van der Waals surface area contributed by atoms with E-state index >= 15 is 0 Å². The molecule has 1 aromatic carbocycles. The number of para-hydroxylation sites is 1. The maximum absolute atomic E-state index is 11.3. The Balaban J connectivity index is 2.74. The summed E-state index contributed by atoms with van der Waals surface area (Å²) in [4.78, 5) is 21.7. The number of nitro benzene ring substituents is 1. The van der Waals surface area contributed by atoms with Crippen molar-refractivity contribution in [3.05, 3.63) is 33.9 Å². The smallest absolute Gasteiger partial charge is 0.295 e. The molecule has 2 N–H and O–H groups in total. The van der Waals surface area contributed by atoms with Gasteiger partial charge in [-0.1, -0.05) is 18.1 Å². The van der Waals surface area contributed by atoms with E-state index in [1.807, 2.05) is 0 Å². The zero-order chi connectivity index (χ0) is 13.5. The first-order valence-corrected chi connectivity index (χ1v) is 5.24. The number of rotatable bonds is 5. The number of hydrogen-bond acceptors (Lipinski definition) is 4. The fourth-order valence-electron chi connectivity index (χ4n) is 1.43. The summed E-state index contributed by atoms with van der Waals surface area (Å²) in [6, 6.07) is 4.88. The van der Waals surface area contributed by atoms with Crippen LogP contribution in [0.1, 0.15) is 5.56 Å². The maximum atomic E-state index is 11.3. The van der Waals surface area contributed by atoms with Gasteiger partial charge in [0.2, 0.25) is 5.91 Å². The third-order valence-corrected chi connectivity index (χ3v) is 2.25. The number of terminal acetylenes is 1. The van der Waals surface area contributed by atoms with Crippen molar-refractivity contribution in [1.82, 2.24) is 5.32 Å². The lowest BCUT2D eigenvalue weighted by Gasteiger charge is -2.08. The minimum Gasteiger partial charge on any atom is -0.371 e. The van der Waals surface area contributed by atoms with Crippen LogP contribution in [0.4, 0.5) is 11.4 Å². The molecule has 0 bridgehead atoms. The number of anilines is 1. The van der Waals surface area contributed by atoms with Crippen molar-refractivity contribution in [2.24, 2.45) is 0 Å². The Kier molecular flexibility index (Phi) is 4.69. The first kappa shape index (κ1) is 13.5. The van der Waals surface area contributed by atoms with Crippen LogP contribution in [-0.2, 0) is 4.79 Å². The summed E-state index contributed by atoms with van der Waals surface area (Å²) in [5.74, 6) is 1.95. The summed E-state index contributed by atoms with van der Waals surface area (Å²) < 4.78 is 0. The predicted octanol–water partition coefficient (Wildman–Crippen LogP) is 1.06. The zero-order valence-electron chi connectivity index (χ0n) is 9.90. The molecule has 94 valence electrons. The Hall–Kier alpha value is -2.55. The molecule has 0 spiro atoms. The second kappa shape index (κ2) is 6.25. The van der Waals surface area contributed by atoms with Gasteiger partial charge >= 0.3 is 0 Å². The number of carbonyl (C=O) groups excluding carboxylic acids is 1. The van der Waals surface area contributed by atoms with E-state index < -0.39 is 4.92 Å². The normalized spacial score (nSPS) is 9.33. The van der Waals surface area contributed by atoms with E-state index in [0.29, 0.717) is 11.3 Å². The van der Waals surface area contributed by atoms with Crippen molar-refractivity contribution < 1.29 is 9.72 Å². The minimum absolute atomic E-state index is 0.0257. The van der Waals surface area contributed by atoms with E-state index in [4.69, 9.17) is 6.42 Å². The number of nitro groups is 1. The quantitative estimate of drug-likeness (QED) is 0.463. The minimum atomic E-state index is -0.475. The number of amides is 1. The van der Waals surface area contributed by atoms with Crippen LogP contribution in [0.2, 0.25) is 0 Å². The van der Waals surface area contributed by atoms with Gasteiger partial charge in [-0.15, -0.1) is 6.42 Å². The third kappa shape index (κ3) is 3.49. The fraction of sp³-hybridized carbons (Fsp3) is 0.250. The molecule has 0 radical (unpaired) electrons. The molecule has 0 saturated heterocycles. The Labute approximate surface area is 105 Å². The molecular formula is C12H13N3O3. The zero-order valence-corrected chi connectivity index (χ0v) is 9.90. The molecule has 6 heteroatoms. The molecule has 0 aliphatic carbocycles. The summed E-state index contributed by atoms with van der Waals surface area (Å²) in [6.45, 7) is 1.71. The fourth-order valence-corrected chi connectivity index (χ4v) is 1.43. The average Bonchev–Trinajstić information content (AvgIpc) is 2.33. The summed E-state index contributed by atoms with van der Waals surface area (Å²) in [5, 5.41) is 16.1. The Morgan fingerprint density at radius 2 is 2.28 bits per heavy atom. The van der Waals surface area contributed by atoms with Gasteiger partial charge in [-0.2, -0.15) is 0 Å². The monoisotopic (exact) mass is 247 g/mol. The van der Waals surface area contributed by atoms with Crippen molar-refractivity contribution in [2.45, 2.75) is 6.92 Å². The van der Waals surface area contributed by atoms with Crippen LogP contribution in [0.3, 0.4) is 0 Å². The molecule has 1 rings (SSSR count). The molecule has 6 nitrogen and oxygen atoms in total. The number of aryl methyl sites for hydroxylation is 1. The second-order valence-electron chi connectivity index (χ2n) is 3.56. The van der Waals surface area contributed by atoms with E-state index in [0.717, 1.165) is 0 Å². The van der Waals surface area contributed by atoms with E-state index in [1.165, 1.54) is 0 Å². The molecule has 0 aromatic heterocycles. The first-order chi connectivity index (χ1) is 8.56. The van der Waals surface area contributed by atoms with Gasteiger partial charge in [0.05, 0.1) is 18.0 Å². The molecule has 1 aromatic rings. The highest BCUT2D eigenvalue weighted by Crippen LogP contribution is 2.27. The highest BCUT2D eigenvalue weighted by atomic mass is 16.6. The van der Waals surface area contributed by atoms with Gasteiger partial charge in [-0.05, 0) is 13.0 Å². The highest BCUT2D eigenvalue weighted by Gasteiger charge is 2.16. The van der Waals surface area contributed by atoms with Crippen molar-refractivity contribution in [1.29, 1.82) is 0 Å². The SMILES string of the molecule is C#CCNC(=O)CNc1cccc(C)c1[N+](=O)[O-]. The second-order valence-corrected chi connectivity index (χ2v) is 3.56. The van der Waals surface area contributed by atoms with Crippen LogP contribution in [0, 0.1) is 29.4 Å². The van der Waals surface area contributed by atoms with Crippen LogP contribution >= 0.6 is 0 Å². The third-order valence-electron chi connectivity index (χ3n) is 2.25. The van der Waals surface area contributed by atoms with Crippen molar-refractivity contribution in [3.63, 3.8) is 0 Å². The predicted molar refractivity (Wildman–Crippen MR) is 68.2 cm³/mol. The van der Waals surface area contributed by atoms with Crippen molar-refractivity contribution in [3.8, 4) is 12.3 Å². The molecule has 0 aliphatic rings. The van der Waals surface area contributed by atoms with E-state index in [-0.39, 0.29) is 24.7 Å². The lowest BCUT2D eigenvalue weighted by molar-refractivity contribution is -0.384. The van der Waals surface area contributed by atoms with Gasteiger partial charge in [-0.25, -0.2) is 0 Å². The van der Waals surface area contributed by atoms with Crippen molar-refractivity contribution in [2.75, 3.05) is 18.4 Å². The molecular weight excluding hydrogens is 234 g/mol. The summed E-state index contributed by atoms with van der Waals surface area (Å²) in [6.07, 6.45) is 4.99. The van der Waals surface area contributed by atoms with Crippen LogP contribution in [0.25, 0.3) is 0 Å². The molecule has 0 heterocycles. The largest absolute Gasteiger partial charge is 0.371 e. The molecule has 0 aliphatic heterocycles. The summed E-state index contributed by atoms with van der Waals surface area (Å²) in [7, 11) is 0. The number of carbonyl (C=O) groups is 1. The number of nitrogens with one attached hydrogen (secondary N) is 2. The van der Waals surface area contributed by atoms with Gasteiger partial charge in [0.1, 0.15) is 5.69 Å². The van der Waals surface area contributed by atoms with Gasteiger partial charge in [0.25, 0.3) is 5.69 Å². The maximum Gasteiger partial charge on any atom is 0.295 e. The van der Waals surface area contributed by atoms with Crippen molar-refractivity contribution >= 4 is 17.3 Å². The molecule has 0 saturated carbocycles. The number of benzene rings is 1. The lowest BCUT2D eigenvalue weighted by Crippen LogP contribution is -2.30. The summed E-state index contributed by atoms with van der Waals surface area (Å²) >= 11 is 0. The van der Waals surface area contributed by atoms with Gasteiger partial charge in [0.15, 0.2) is 0 Å². The number of hydrogen-bond donors (Lipinski definition) is 2. The molecule has 0 unspecified atom stereocenters. The number of nitrogens with zero attached hydrogens (tertiary/aromatic N) is 1. The van der Waals surface area contributed by atoms with Crippen LogP contribution < -0.4 is 10.6 Å². The average molecular weight is 247 g/mol. The van der Waals surface area contributed by atoms with Gasteiger partial charge in [-0.3, -0.25) is 14.9 Å². The van der Waals surface area contributed by atoms with E-state index in [2.05, 4.69) is 16.6 Å². The van der Waals surface area contributed by atoms with Crippen LogP contribution in [-0.4, -0.2) is 23.9 Å².